The predicted molar refractivity (Wildman–Crippen MR) is 86.3 cm³/mol. The zero-order chi connectivity index (χ0) is 16.8. The average Bonchev–Trinajstić information content (AvgIpc) is 2.53. The molecule has 124 valence electrons. The molecule has 0 spiro atoms. The van der Waals surface area contributed by atoms with Crippen molar-refractivity contribution in [3.63, 3.8) is 0 Å². The third-order valence-corrected chi connectivity index (χ3v) is 4.05. The molecule has 1 fully saturated rings. The lowest BCUT2D eigenvalue weighted by molar-refractivity contribution is -0.138. The Kier molecular flexibility index (Phi) is 5.73. The van der Waals surface area contributed by atoms with E-state index in [1.165, 1.54) is 0 Å². The molecule has 0 bridgehead atoms. The summed E-state index contributed by atoms with van der Waals surface area (Å²) in [6.07, 6.45) is 2.96. The first-order chi connectivity index (χ1) is 11.0. The van der Waals surface area contributed by atoms with Gasteiger partial charge in [-0.25, -0.2) is 0 Å². The van der Waals surface area contributed by atoms with Crippen molar-refractivity contribution in [2.24, 2.45) is 0 Å². The Labute approximate surface area is 135 Å². The van der Waals surface area contributed by atoms with Gasteiger partial charge < -0.3 is 15.3 Å². The van der Waals surface area contributed by atoms with E-state index in [4.69, 9.17) is 5.11 Å². The van der Waals surface area contributed by atoms with Crippen LogP contribution in [0.15, 0.2) is 24.3 Å². The molecule has 0 aromatic heterocycles. The summed E-state index contributed by atoms with van der Waals surface area (Å²) < 4.78 is 0. The van der Waals surface area contributed by atoms with Crippen molar-refractivity contribution in [2.75, 3.05) is 11.9 Å². The SMILES string of the molecule is CC1CCCCN1C(=O)c1ccc(NC(=O)CCC(=O)O)cc1. The van der Waals surface area contributed by atoms with Gasteiger partial charge in [-0.1, -0.05) is 0 Å². The van der Waals surface area contributed by atoms with E-state index in [9.17, 15) is 14.4 Å². The van der Waals surface area contributed by atoms with Crippen molar-refractivity contribution in [3.8, 4) is 0 Å². The normalized spacial score (nSPS) is 17.6. The number of nitrogens with zero attached hydrogens (tertiary/aromatic N) is 1. The van der Waals surface area contributed by atoms with Crippen molar-refractivity contribution in [3.05, 3.63) is 29.8 Å². The number of likely N-dealkylation sites (tertiary alicyclic amines) is 1. The van der Waals surface area contributed by atoms with Gasteiger partial charge in [0, 0.05) is 30.3 Å². The van der Waals surface area contributed by atoms with Crippen LogP contribution in [0.1, 0.15) is 49.4 Å². The number of anilines is 1. The minimum atomic E-state index is -1.00. The first kappa shape index (κ1) is 17.0. The number of amides is 2. The van der Waals surface area contributed by atoms with Gasteiger partial charge in [0.05, 0.1) is 6.42 Å². The number of hydrogen-bond donors (Lipinski definition) is 2. The maximum Gasteiger partial charge on any atom is 0.303 e. The van der Waals surface area contributed by atoms with Crippen LogP contribution in [0.3, 0.4) is 0 Å². The monoisotopic (exact) mass is 318 g/mol. The molecule has 6 heteroatoms. The largest absolute Gasteiger partial charge is 0.481 e. The summed E-state index contributed by atoms with van der Waals surface area (Å²) >= 11 is 0. The number of nitrogens with one attached hydrogen (secondary N) is 1. The Morgan fingerprint density at radius 2 is 1.87 bits per heavy atom. The van der Waals surface area contributed by atoms with E-state index in [-0.39, 0.29) is 30.7 Å². The van der Waals surface area contributed by atoms with Crippen molar-refractivity contribution in [1.82, 2.24) is 4.90 Å². The minimum absolute atomic E-state index is 0.0148. The van der Waals surface area contributed by atoms with Crippen LogP contribution >= 0.6 is 0 Å². The molecule has 23 heavy (non-hydrogen) atoms. The summed E-state index contributed by atoms with van der Waals surface area (Å²) in [5.74, 6) is -1.34. The highest BCUT2D eigenvalue weighted by Crippen LogP contribution is 2.20. The van der Waals surface area contributed by atoms with E-state index in [1.807, 2.05) is 4.90 Å². The number of carboxylic acids is 1. The highest BCUT2D eigenvalue weighted by Gasteiger charge is 2.24. The Morgan fingerprint density at radius 1 is 1.17 bits per heavy atom. The van der Waals surface area contributed by atoms with Gasteiger partial charge in [-0.2, -0.15) is 0 Å². The van der Waals surface area contributed by atoms with Gasteiger partial charge in [0.25, 0.3) is 5.91 Å². The topological polar surface area (TPSA) is 86.7 Å². The molecule has 1 aromatic rings. The van der Waals surface area contributed by atoms with Crippen LogP contribution in [0.4, 0.5) is 5.69 Å². The fourth-order valence-electron chi connectivity index (χ4n) is 2.71. The van der Waals surface area contributed by atoms with E-state index in [1.54, 1.807) is 24.3 Å². The van der Waals surface area contributed by atoms with Crippen LogP contribution in [-0.2, 0) is 9.59 Å². The first-order valence-corrected chi connectivity index (χ1v) is 7.90. The second-order valence-corrected chi connectivity index (χ2v) is 5.86. The number of carbonyl (C=O) groups excluding carboxylic acids is 2. The number of piperidine rings is 1. The second kappa shape index (κ2) is 7.76. The lowest BCUT2D eigenvalue weighted by Crippen LogP contribution is -2.42. The minimum Gasteiger partial charge on any atom is -0.481 e. The van der Waals surface area contributed by atoms with Crippen LogP contribution in [-0.4, -0.2) is 40.4 Å². The van der Waals surface area contributed by atoms with Crippen LogP contribution < -0.4 is 5.32 Å². The fraction of sp³-hybridized carbons (Fsp3) is 0.471. The smallest absolute Gasteiger partial charge is 0.303 e. The molecule has 1 aliphatic rings. The van der Waals surface area contributed by atoms with E-state index in [2.05, 4.69) is 12.2 Å². The molecule has 2 amide bonds. The molecule has 1 aliphatic heterocycles. The number of aliphatic carboxylic acids is 1. The Morgan fingerprint density at radius 3 is 2.48 bits per heavy atom. The molecule has 1 aromatic carbocycles. The summed E-state index contributed by atoms with van der Waals surface area (Å²) in [6, 6.07) is 6.97. The van der Waals surface area contributed by atoms with Gasteiger partial charge in [0.15, 0.2) is 0 Å². The van der Waals surface area contributed by atoms with Crippen molar-refractivity contribution < 1.29 is 19.5 Å². The number of carbonyl (C=O) groups is 3. The number of benzene rings is 1. The zero-order valence-electron chi connectivity index (χ0n) is 13.2. The van der Waals surface area contributed by atoms with Gasteiger partial charge in [-0.3, -0.25) is 14.4 Å². The summed E-state index contributed by atoms with van der Waals surface area (Å²) in [7, 11) is 0. The van der Waals surface area contributed by atoms with Crippen molar-refractivity contribution in [2.45, 2.75) is 45.1 Å². The van der Waals surface area contributed by atoms with Gasteiger partial charge in [-0.05, 0) is 50.5 Å². The number of hydrogen-bond acceptors (Lipinski definition) is 3. The summed E-state index contributed by atoms with van der Waals surface area (Å²) in [5, 5.41) is 11.2. The zero-order valence-corrected chi connectivity index (χ0v) is 13.2. The van der Waals surface area contributed by atoms with Crippen molar-refractivity contribution >= 4 is 23.5 Å². The van der Waals surface area contributed by atoms with E-state index in [0.29, 0.717) is 11.3 Å². The van der Waals surface area contributed by atoms with E-state index < -0.39 is 5.97 Å². The molecule has 0 saturated carbocycles. The third-order valence-electron chi connectivity index (χ3n) is 4.05. The number of rotatable bonds is 5. The van der Waals surface area contributed by atoms with Crippen LogP contribution in [0.2, 0.25) is 0 Å². The maximum atomic E-state index is 12.5. The number of carboxylic acid groups (broad SMARTS) is 1. The first-order valence-electron chi connectivity index (χ1n) is 7.90. The van der Waals surface area contributed by atoms with Gasteiger partial charge in [0.2, 0.25) is 5.91 Å². The Balaban J connectivity index is 1.94. The molecule has 1 saturated heterocycles. The standard InChI is InChI=1S/C17H22N2O4/c1-12-4-2-3-11-19(12)17(23)13-5-7-14(8-6-13)18-15(20)9-10-16(21)22/h5-8,12H,2-4,9-11H2,1H3,(H,18,20)(H,21,22). The van der Waals surface area contributed by atoms with Gasteiger partial charge in [-0.15, -0.1) is 0 Å². The second-order valence-electron chi connectivity index (χ2n) is 5.86. The van der Waals surface area contributed by atoms with Crippen LogP contribution in [0, 0.1) is 0 Å². The molecule has 1 atom stereocenters. The average molecular weight is 318 g/mol. The predicted octanol–water partition coefficient (Wildman–Crippen LogP) is 2.50. The molecule has 2 N–H and O–H groups in total. The Bertz CT molecular complexity index is 583. The van der Waals surface area contributed by atoms with Gasteiger partial charge >= 0.3 is 5.97 Å². The molecule has 1 unspecified atom stereocenters. The Hall–Kier alpha value is -2.37. The molecular formula is C17H22N2O4. The maximum absolute atomic E-state index is 12.5. The molecule has 2 rings (SSSR count). The lowest BCUT2D eigenvalue weighted by Gasteiger charge is -2.33. The highest BCUT2D eigenvalue weighted by molar-refractivity contribution is 5.96. The molecule has 6 nitrogen and oxygen atoms in total. The lowest BCUT2D eigenvalue weighted by atomic mass is 10.0. The molecule has 0 aliphatic carbocycles. The van der Waals surface area contributed by atoms with Crippen molar-refractivity contribution in [1.29, 1.82) is 0 Å². The van der Waals surface area contributed by atoms with Crippen LogP contribution in [0.25, 0.3) is 0 Å². The van der Waals surface area contributed by atoms with E-state index >= 15 is 0 Å². The molecular weight excluding hydrogens is 296 g/mol. The summed E-state index contributed by atoms with van der Waals surface area (Å²) in [5.41, 5.74) is 1.16. The molecule has 0 radical (unpaired) electrons. The van der Waals surface area contributed by atoms with E-state index in [0.717, 1.165) is 25.8 Å². The fourth-order valence-corrected chi connectivity index (χ4v) is 2.71. The summed E-state index contributed by atoms with van der Waals surface area (Å²) in [4.78, 5) is 36.4. The van der Waals surface area contributed by atoms with Gasteiger partial charge in [0.1, 0.15) is 0 Å². The van der Waals surface area contributed by atoms with Crippen LogP contribution in [0.5, 0.6) is 0 Å². The quantitative estimate of drug-likeness (QED) is 0.873. The molecule has 1 heterocycles. The summed E-state index contributed by atoms with van der Waals surface area (Å²) in [6.45, 7) is 2.85. The highest BCUT2D eigenvalue weighted by atomic mass is 16.4. The third kappa shape index (κ3) is 4.81.